The lowest BCUT2D eigenvalue weighted by Gasteiger charge is -2.52. The normalized spacial score (nSPS) is 23.3. The van der Waals surface area contributed by atoms with Crippen LogP contribution in [-0.2, 0) is 9.59 Å². The molecule has 0 radical (unpaired) electrons. The quantitative estimate of drug-likeness (QED) is 0.576. The Hall–Kier alpha value is -0.830. The molecule has 2 amide bonds. The Morgan fingerprint density at radius 1 is 1.29 bits per heavy atom. The number of aliphatic hydroxyl groups is 1. The maximum Gasteiger partial charge on any atom is 0.242 e. The van der Waals surface area contributed by atoms with Crippen molar-refractivity contribution in [2.75, 3.05) is 32.0 Å². The molecule has 0 unspecified atom stereocenters. The van der Waals surface area contributed by atoms with E-state index in [1.165, 1.54) is 0 Å². The number of carbonyl (C=O) groups excluding carboxylic acids is 2. The van der Waals surface area contributed by atoms with Crippen molar-refractivity contribution in [3.63, 3.8) is 0 Å². The van der Waals surface area contributed by atoms with Crippen molar-refractivity contribution in [1.82, 2.24) is 9.80 Å². The number of nitrogens with two attached hydrogens (primary N) is 2. The lowest BCUT2D eigenvalue weighted by Crippen LogP contribution is -2.71. The van der Waals surface area contributed by atoms with E-state index in [2.05, 4.69) is 0 Å². The molecule has 0 aromatic rings. The number of likely N-dealkylation sites (tertiary alicyclic amines) is 1. The number of carbonyl (C=O) groups is 2. The van der Waals surface area contributed by atoms with Gasteiger partial charge in [-0.1, -0.05) is 13.8 Å². The Morgan fingerprint density at radius 2 is 1.90 bits per heavy atom. The van der Waals surface area contributed by atoms with Gasteiger partial charge in [0.2, 0.25) is 11.8 Å². The SMILES string of the molecule is CC(C)[C@H](N)C(=O)N1CCSC12CN(C(=O)[C@@H](N)CO)C2. The molecule has 2 heterocycles. The van der Waals surface area contributed by atoms with E-state index in [4.69, 9.17) is 16.6 Å². The molecule has 0 aliphatic carbocycles. The molecular weight excluding hydrogens is 292 g/mol. The van der Waals surface area contributed by atoms with Crippen molar-refractivity contribution < 1.29 is 14.7 Å². The summed E-state index contributed by atoms with van der Waals surface area (Å²) in [5, 5.41) is 8.95. The van der Waals surface area contributed by atoms with Crippen LogP contribution in [0.4, 0.5) is 0 Å². The lowest BCUT2D eigenvalue weighted by atomic mass is 9.99. The number of rotatable bonds is 4. The highest BCUT2D eigenvalue weighted by atomic mass is 32.2. The Balaban J connectivity index is 2.01. The van der Waals surface area contributed by atoms with Crippen LogP contribution in [0.3, 0.4) is 0 Å². The average Bonchev–Trinajstić information content (AvgIpc) is 2.86. The van der Waals surface area contributed by atoms with Crippen LogP contribution in [0.1, 0.15) is 13.8 Å². The molecule has 120 valence electrons. The second-order valence-electron chi connectivity index (χ2n) is 6.04. The molecular formula is C13H24N4O3S. The summed E-state index contributed by atoms with van der Waals surface area (Å²) in [5.74, 6) is 0.621. The Bertz CT molecular complexity index is 426. The zero-order chi connectivity index (χ0) is 15.8. The summed E-state index contributed by atoms with van der Waals surface area (Å²) in [6, 6.07) is -1.39. The predicted molar refractivity (Wildman–Crippen MR) is 81.4 cm³/mol. The van der Waals surface area contributed by atoms with Gasteiger partial charge in [-0.05, 0) is 5.92 Å². The second-order valence-corrected chi connectivity index (χ2v) is 7.49. The first kappa shape index (κ1) is 16.5. The fourth-order valence-electron chi connectivity index (χ4n) is 2.67. The summed E-state index contributed by atoms with van der Waals surface area (Å²) >= 11 is 1.69. The molecule has 0 bridgehead atoms. The summed E-state index contributed by atoms with van der Waals surface area (Å²) in [5.41, 5.74) is 11.5. The molecule has 0 aromatic carbocycles. The maximum atomic E-state index is 12.5. The molecule has 0 saturated carbocycles. The minimum Gasteiger partial charge on any atom is -0.394 e. The first-order valence-electron chi connectivity index (χ1n) is 7.18. The molecule has 8 heteroatoms. The van der Waals surface area contributed by atoms with Gasteiger partial charge in [-0.25, -0.2) is 0 Å². The standard InChI is InChI=1S/C13H24N4O3S/c1-8(2)10(15)12(20)17-3-4-21-13(17)6-16(7-13)11(19)9(14)5-18/h8-10,18H,3-7,14-15H2,1-2H3/t9-,10-/m0/s1. The summed E-state index contributed by atoms with van der Waals surface area (Å²) < 4.78 is 0. The minimum absolute atomic E-state index is 0.0476. The van der Waals surface area contributed by atoms with E-state index < -0.39 is 12.1 Å². The van der Waals surface area contributed by atoms with Crippen LogP contribution in [-0.4, -0.2) is 75.7 Å². The van der Waals surface area contributed by atoms with Gasteiger partial charge in [0.05, 0.1) is 25.7 Å². The Labute approximate surface area is 129 Å². The van der Waals surface area contributed by atoms with Crippen LogP contribution >= 0.6 is 11.8 Å². The fourth-order valence-corrected chi connectivity index (χ4v) is 4.15. The highest BCUT2D eigenvalue weighted by molar-refractivity contribution is 8.01. The highest BCUT2D eigenvalue weighted by Gasteiger charge is 2.55. The summed E-state index contributed by atoms with van der Waals surface area (Å²) in [6.07, 6.45) is 0. The van der Waals surface area contributed by atoms with E-state index in [0.29, 0.717) is 19.6 Å². The van der Waals surface area contributed by atoms with Gasteiger partial charge >= 0.3 is 0 Å². The van der Waals surface area contributed by atoms with Gasteiger partial charge in [-0.3, -0.25) is 9.59 Å². The molecule has 2 fully saturated rings. The van der Waals surface area contributed by atoms with E-state index in [1.54, 1.807) is 16.7 Å². The first-order chi connectivity index (χ1) is 9.82. The van der Waals surface area contributed by atoms with Crippen molar-refractivity contribution in [1.29, 1.82) is 0 Å². The van der Waals surface area contributed by atoms with Crippen LogP contribution in [0.5, 0.6) is 0 Å². The van der Waals surface area contributed by atoms with Crippen LogP contribution in [0.25, 0.3) is 0 Å². The summed E-state index contributed by atoms with van der Waals surface area (Å²) in [7, 11) is 0. The van der Waals surface area contributed by atoms with Crippen LogP contribution < -0.4 is 11.5 Å². The molecule has 2 rings (SSSR count). The van der Waals surface area contributed by atoms with Crippen molar-refractivity contribution in [2.45, 2.75) is 30.8 Å². The lowest BCUT2D eigenvalue weighted by molar-refractivity contribution is -0.150. The molecule has 5 N–H and O–H groups in total. The zero-order valence-corrected chi connectivity index (χ0v) is 13.3. The molecule has 7 nitrogen and oxygen atoms in total. The molecule has 1 spiro atoms. The van der Waals surface area contributed by atoms with E-state index in [1.807, 2.05) is 18.7 Å². The molecule has 0 aromatic heterocycles. The molecule has 21 heavy (non-hydrogen) atoms. The van der Waals surface area contributed by atoms with Gasteiger partial charge in [0.15, 0.2) is 0 Å². The number of amides is 2. The minimum atomic E-state index is -0.879. The third-order valence-electron chi connectivity index (χ3n) is 4.15. The number of thioether (sulfide) groups is 1. The fraction of sp³-hybridized carbons (Fsp3) is 0.846. The van der Waals surface area contributed by atoms with Crippen molar-refractivity contribution in [3.8, 4) is 0 Å². The molecule has 2 atom stereocenters. The van der Waals surface area contributed by atoms with Crippen LogP contribution in [0.2, 0.25) is 0 Å². The van der Waals surface area contributed by atoms with E-state index in [9.17, 15) is 9.59 Å². The first-order valence-corrected chi connectivity index (χ1v) is 8.17. The third-order valence-corrected chi connectivity index (χ3v) is 5.55. The van der Waals surface area contributed by atoms with Gasteiger partial charge in [0.25, 0.3) is 0 Å². The van der Waals surface area contributed by atoms with E-state index in [0.717, 1.165) is 5.75 Å². The zero-order valence-electron chi connectivity index (χ0n) is 12.5. The van der Waals surface area contributed by atoms with Crippen molar-refractivity contribution >= 4 is 23.6 Å². The predicted octanol–water partition coefficient (Wildman–Crippen LogP) is -1.60. The topological polar surface area (TPSA) is 113 Å². The van der Waals surface area contributed by atoms with Crippen LogP contribution in [0, 0.1) is 5.92 Å². The largest absolute Gasteiger partial charge is 0.394 e. The van der Waals surface area contributed by atoms with Gasteiger partial charge in [-0.15, -0.1) is 11.8 Å². The summed E-state index contributed by atoms with van der Waals surface area (Å²) in [6.45, 7) is 5.07. The average molecular weight is 316 g/mol. The molecule has 2 aliphatic heterocycles. The smallest absolute Gasteiger partial charge is 0.242 e. The van der Waals surface area contributed by atoms with E-state index >= 15 is 0 Å². The van der Waals surface area contributed by atoms with Gasteiger partial charge < -0.3 is 26.4 Å². The monoisotopic (exact) mass is 316 g/mol. The maximum absolute atomic E-state index is 12.5. The van der Waals surface area contributed by atoms with Gasteiger partial charge in [-0.2, -0.15) is 0 Å². The van der Waals surface area contributed by atoms with Gasteiger partial charge in [0, 0.05) is 12.3 Å². The van der Waals surface area contributed by atoms with Gasteiger partial charge in [0.1, 0.15) is 10.9 Å². The summed E-state index contributed by atoms with van der Waals surface area (Å²) in [4.78, 5) is 27.5. The van der Waals surface area contributed by atoms with E-state index in [-0.39, 0.29) is 29.2 Å². The Morgan fingerprint density at radius 3 is 2.43 bits per heavy atom. The third kappa shape index (κ3) is 2.90. The molecule has 2 saturated heterocycles. The Kier molecular flexibility index (Phi) is 4.82. The molecule has 2 aliphatic rings. The van der Waals surface area contributed by atoms with Crippen molar-refractivity contribution in [2.24, 2.45) is 17.4 Å². The number of hydrogen-bond acceptors (Lipinski definition) is 6. The van der Waals surface area contributed by atoms with Crippen LogP contribution in [0.15, 0.2) is 0 Å². The second kappa shape index (κ2) is 6.12. The number of aliphatic hydroxyl groups excluding tert-OH is 1. The highest BCUT2D eigenvalue weighted by Crippen LogP contribution is 2.43. The van der Waals surface area contributed by atoms with Crippen molar-refractivity contribution in [3.05, 3.63) is 0 Å². The number of hydrogen-bond donors (Lipinski definition) is 3. The number of nitrogens with zero attached hydrogens (tertiary/aromatic N) is 2.